The largest absolute Gasteiger partial charge is 0.495 e. The standard InChI is InChI=1S/C19H21NO6/c1-25-14-8-7-12(11-5-3-2-4-6-11)9-13(14)20-19(24)18-17(23)16(22)15(10-21)26-18/h2-9,15-18,21-23H,10H2,1H3,(H,20,24)/t15-,16-,17-,18-/m1/s1. The normalized spacial score (nSPS) is 25.1. The molecule has 1 heterocycles. The van der Waals surface area contributed by atoms with Crippen molar-refractivity contribution in [2.75, 3.05) is 19.0 Å². The third kappa shape index (κ3) is 3.56. The quantitative estimate of drug-likeness (QED) is 0.628. The molecule has 1 aliphatic rings. The number of nitrogens with one attached hydrogen (secondary N) is 1. The number of hydrogen-bond acceptors (Lipinski definition) is 6. The lowest BCUT2D eigenvalue weighted by Crippen LogP contribution is -2.39. The van der Waals surface area contributed by atoms with Gasteiger partial charge in [-0.2, -0.15) is 0 Å². The number of anilines is 1. The average Bonchev–Trinajstić information content (AvgIpc) is 2.97. The van der Waals surface area contributed by atoms with Gasteiger partial charge in [-0.15, -0.1) is 0 Å². The second-order valence-electron chi connectivity index (χ2n) is 6.03. The lowest BCUT2D eigenvalue weighted by molar-refractivity contribution is -0.130. The van der Waals surface area contributed by atoms with Gasteiger partial charge in [-0.3, -0.25) is 4.79 Å². The van der Waals surface area contributed by atoms with E-state index >= 15 is 0 Å². The van der Waals surface area contributed by atoms with Crippen LogP contribution in [-0.2, 0) is 9.53 Å². The van der Waals surface area contributed by atoms with Gasteiger partial charge < -0.3 is 30.1 Å². The molecule has 1 fully saturated rings. The predicted octanol–water partition coefficient (Wildman–Crippen LogP) is 0.782. The lowest BCUT2D eigenvalue weighted by atomic mass is 10.0. The monoisotopic (exact) mass is 359 g/mol. The molecule has 4 N–H and O–H groups in total. The van der Waals surface area contributed by atoms with Crippen LogP contribution in [0.25, 0.3) is 11.1 Å². The van der Waals surface area contributed by atoms with Crippen LogP contribution in [-0.4, -0.2) is 59.4 Å². The van der Waals surface area contributed by atoms with E-state index in [1.165, 1.54) is 7.11 Å². The maximum Gasteiger partial charge on any atom is 0.256 e. The molecule has 1 amide bonds. The molecule has 26 heavy (non-hydrogen) atoms. The Labute approximate surface area is 150 Å². The summed E-state index contributed by atoms with van der Waals surface area (Å²) in [6, 6.07) is 15.0. The van der Waals surface area contributed by atoms with Gasteiger partial charge in [0.25, 0.3) is 5.91 Å². The maximum atomic E-state index is 12.5. The summed E-state index contributed by atoms with van der Waals surface area (Å²) in [5.41, 5.74) is 2.26. The summed E-state index contributed by atoms with van der Waals surface area (Å²) in [6.07, 6.45) is -5.03. The zero-order chi connectivity index (χ0) is 18.7. The summed E-state index contributed by atoms with van der Waals surface area (Å²) in [5.74, 6) is -0.180. The number of benzene rings is 2. The van der Waals surface area contributed by atoms with Crippen LogP contribution < -0.4 is 10.1 Å². The highest BCUT2D eigenvalue weighted by Crippen LogP contribution is 2.31. The number of carbonyl (C=O) groups excluding carboxylic acids is 1. The van der Waals surface area contributed by atoms with Gasteiger partial charge >= 0.3 is 0 Å². The van der Waals surface area contributed by atoms with E-state index in [1.807, 2.05) is 36.4 Å². The smallest absolute Gasteiger partial charge is 0.256 e. The van der Waals surface area contributed by atoms with Gasteiger partial charge in [0.1, 0.15) is 24.1 Å². The van der Waals surface area contributed by atoms with E-state index in [0.29, 0.717) is 11.4 Å². The third-order valence-electron chi connectivity index (χ3n) is 4.37. The molecule has 7 nitrogen and oxygen atoms in total. The number of amides is 1. The topological polar surface area (TPSA) is 108 Å². The van der Waals surface area contributed by atoms with E-state index in [1.54, 1.807) is 12.1 Å². The van der Waals surface area contributed by atoms with E-state index in [2.05, 4.69) is 5.32 Å². The Morgan fingerprint density at radius 3 is 2.46 bits per heavy atom. The summed E-state index contributed by atoms with van der Waals surface area (Å²) in [7, 11) is 1.49. The number of aliphatic hydroxyl groups excluding tert-OH is 3. The number of rotatable bonds is 5. The van der Waals surface area contributed by atoms with Crippen molar-refractivity contribution in [2.24, 2.45) is 0 Å². The van der Waals surface area contributed by atoms with Gasteiger partial charge in [-0.1, -0.05) is 36.4 Å². The van der Waals surface area contributed by atoms with E-state index in [9.17, 15) is 15.0 Å². The second-order valence-corrected chi connectivity index (χ2v) is 6.03. The number of hydrogen-bond donors (Lipinski definition) is 4. The molecule has 1 saturated heterocycles. The van der Waals surface area contributed by atoms with Crippen molar-refractivity contribution >= 4 is 11.6 Å². The molecule has 2 aromatic carbocycles. The number of methoxy groups -OCH3 is 1. The molecule has 0 aromatic heterocycles. The fraction of sp³-hybridized carbons (Fsp3) is 0.316. The molecule has 0 saturated carbocycles. The summed E-state index contributed by atoms with van der Waals surface area (Å²) in [4.78, 5) is 12.5. The Bertz CT molecular complexity index is 766. The highest BCUT2D eigenvalue weighted by Gasteiger charge is 2.46. The van der Waals surface area contributed by atoms with Gasteiger partial charge in [-0.25, -0.2) is 0 Å². The molecule has 2 aromatic rings. The van der Waals surface area contributed by atoms with Crippen molar-refractivity contribution in [3.63, 3.8) is 0 Å². The van der Waals surface area contributed by atoms with E-state index < -0.39 is 36.9 Å². The molecule has 4 atom stereocenters. The maximum absolute atomic E-state index is 12.5. The van der Waals surface area contributed by atoms with Crippen LogP contribution in [0.4, 0.5) is 5.69 Å². The molecule has 0 spiro atoms. The minimum Gasteiger partial charge on any atom is -0.495 e. The molecule has 1 aliphatic heterocycles. The molecule has 138 valence electrons. The van der Waals surface area contributed by atoms with Gasteiger partial charge in [0.05, 0.1) is 19.4 Å². The predicted molar refractivity (Wildman–Crippen MR) is 94.8 cm³/mol. The molecule has 0 unspecified atom stereocenters. The van der Waals surface area contributed by atoms with Gasteiger partial charge in [-0.05, 0) is 23.3 Å². The Hall–Kier alpha value is -2.45. The fourth-order valence-electron chi connectivity index (χ4n) is 2.94. The van der Waals surface area contributed by atoms with Crippen molar-refractivity contribution in [3.05, 3.63) is 48.5 Å². The molecular weight excluding hydrogens is 338 g/mol. The van der Waals surface area contributed by atoms with Gasteiger partial charge in [0.15, 0.2) is 6.10 Å². The Morgan fingerprint density at radius 1 is 1.12 bits per heavy atom. The van der Waals surface area contributed by atoms with Crippen molar-refractivity contribution in [1.82, 2.24) is 0 Å². The van der Waals surface area contributed by atoms with Gasteiger partial charge in [0, 0.05) is 0 Å². The minimum atomic E-state index is -1.42. The summed E-state index contributed by atoms with van der Waals surface area (Å²) >= 11 is 0. The molecule has 7 heteroatoms. The van der Waals surface area contributed by atoms with Crippen molar-refractivity contribution in [1.29, 1.82) is 0 Å². The number of ether oxygens (including phenoxy) is 2. The number of aliphatic hydroxyl groups is 3. The fourth-order valence-corrected chi connectivity index (χ4v) is 2.94. The highest BCUT2D eigenvalue weighted by molar-refractivity contribution is 5.97. The lowest BCUT2D eigenvalue weighted by Gasteiger charge is -2.17. The molecule has 0 radical (unpaired) electrons. The second kappa shape index (κ2) is 7.84. The van der Waals surface area contributed by atoms with Crippen LogP contribution in [0.1, 0.15) is 0 Å². The summed E-state index contributed by atoms with van der Waals surface area (Å²) in [5, 5.41) is 31.6. The third-order valence-corrected chi connectivity index (χ3v) is 4.37. The zero-order valence-corrected chi connectivity index (χ0v) is 14.2. The molecular formula is C19H21NO6. The first-order chi connectivity index (χ1) is 12.5. The Balaban J connectivity index is 1.83. The molecule has 3 rings (SSSR count). The van der Waals surface area contributed by atoms with Crippen molar-refractivity contribution in [2.45, 2.75) is 24.4 Å². The zero-order valence-electron chi connectivity index (χ0n) is 14.2. The van der Waals surface area contributed by atoms with Crippen LogP contribution >= 0.6 is 0 Å². The first kappa shape index (κ1) is 18.3. The molecule has 0 bridgehead atoms. The van der Waals surface area contributed by atoms with E-state index in [-0.39, 0.29) is 0 Å². The first-order valence-corrected chi connectivity index (χ1v) is 8.22. The van der Waals surface area contributed by atoms with E-state index in [0.717, 1.165) is 11.1 Å². The van der Waals surface area contributed by atoms with Crippen LogP contribution in [0, 0.1) is 0 Å². The average molecular weight is 359 g/mol. The van der Waals surface area contributed by atoms with E-state index in [4.69, 9.17) is 14.6 Å². The highest BCUT2D eigenvalue weighted by atomic mass is 16.6. The Morgan fingerprint density at radius 2 is 1.85 bits per heavy atom. The Kier molecular flexibility index (Phi) is 5.53. The van der Waals surface area contributed by atoms with Crippen LogP contribution in [0.3, 0.4) is 0 Å². The van der Waals surface area contributed by atoms with Crippen molar-refractivity contribution in [3.8, 4) is 16.9 Å². The van der Waals surface area contributed by atoms with Crippen LogP contribution in [0.2, 0.25) is 0 Å². The minimum absolute atomic E-state index is 0.414. The summed E-state index contributed by atoms with van der Waals surface area (Å²) < 4.78 is 10.5. The van der Waals surface area contributed by atoms with Crippen LogP contribution in [0.15, 0.2) is 48.5 Å². The van der Waals surface area contributed by atoms with Gasteiger partial charge in [0.2, 0.25) is 0 Å². The van der Waals surface area contributed by atoms with Crippen LogP contribution in [0.5, 0.6) is 5.75 Å². The molecule has 0 aliphatic carbocycles. The first-order valence-electron chi connectivity index (χ1n) is 8.22. The summed E-state index contributed by atoms with van der Waals surface area (Å²) in [6.45, 7) is -0.491. The number of carbonyl (C=O) groups is 1. The SMILES string of the molecule is COc1ccc(-c2ccccc2)cc1NC(=O)[C@@H]1O[C@H](CO)[C@@H](O)[C@H]1O. The van der Waals surface area contributed by atoms with Crippen molar-refractivity contribution < 1.29 is 29.6 Å².